The van der Waals surface area contributed by atoms with Gasteiger partial charge in [-0.25, -0.2) is 0 Å². The van der Waals surface area contributed by atoms with Gasteiger partial charge in [0.25, 0.3) is 0 Å². The zero-order valence-electron chi connectivity index (χ0n) is 13.8. The minimum Gasteiger partial charge on any atom is -0.507 e. The molecule has 25 heavy (non-hydrogen) atoms. The van der Waals surface area contributed by atoms with E-state index in [0.717, 1.165) is 0 Å². The normalized spacial score (nSPS) is 10.7. The molecule has 0 atom stereocenters. The number of phenols is 2. The maximum atomic E-state index is 12.5. The summed E-state index contributed by atoms with van der Waals surface area (Å²) in [6, 6.07) is 7.12. The third-order valence-corrected chi connectivity index (χ3v) is 3.79. The zero-order valence-corrected chi connectivity index (χ0v) is 13.8. The number of fused-ring (bicyclic) bond motifs is 1. The molecule has 7 nitrogen and oxygen atoms in total. The second-order valence-corrected chi connectivity index (χ2v) is 5.20. The summed E-state index contributed by atoms with van der Waals surface area (Å²) in [5.74, 6) is 0.538. The van der Waals surface area contributed by atoms with Gasteiger partial charge in [0, 0.05) is 17.7 Å². The summed E-state index contributed by atoms with van der Waals surface area (Å²) < 4.78 is 21.2. The van der Waals surface area contributed by atoms with E-state index in [0.29, 0.717) is 11.3 Å². The van der Waals surface area contributed by atoms with Crippen molar-refractivity contribution in [1.29, 1.82) is 0 Å². The smallest absolute Gasteiger partial charge is 0.205 e. The molecule has 0 bridgehead atoms. The Kier molecular flexibility index (Phi) is 4.14. The lowest BCUT2D eigenvalue weighted by Crippen LogP contribution is -2.03. The fourth-order valence-electron chi connectivity index (χ4n) is 2.60. The van der Waals surface area contributed by atoms with Crippen molar-refractivity contribution in [2.45, 2.75) is 0 Å². The molecule has 0 amide bonds. The van der Waals surface area contributed by atoms with E-state index in [1.807, 2.05) is 0 Å². The second-order valence-electron chi connectivity index (χ2n) is 5.20. The van der Waals surface area contributed by atoms with Crippen molar-refractivity contribution in [2.24, 2.45) is 0 Å². The molecule has 0 aliphatic rings. The van der Waals surface area contributed by atoms with Crippen LogP contribution in [0, 0.1) is 0 Å². The first kappa shape index (κ1) is 16.5. The molecule has 0 unspecified atom stereocenters. The number of rotatable bonds is 4. The van der Waals surface area contributed by atoms with Gasteiger partial charge in [-0.1, -0.05) is 0 Å². The molecule has 0 aliphatic carbocycles. The number of hydrogen-bond donors (Lipinski definition) is 2. The summed E-state index contributed by atoms with van der Waals surface area (Å²) in [7, 11) is 4.25. The Morgan fingerprint density at radius 1 is 0.880 bits per heavy atom. The summed E-state index contributed by atoms with van der Waals surface area (Å²) in [5, 5.41) is 20.0. The molecule has 2 aromatic carbocycles. The Balaban J connectivity index is 2.32. The van der Waals surface area contributed by atoms with Crippen molar-refractivity contribution < 1.29 is 28.8 Å². The fourth-order valence-corrected chi connectivity index (χ4v) is 2.60. The summed E-state index contributed by atoms with van der Waals surface area (Å²) in [6.07, 6.45) is 0. The van der Waals surface area contributed by atoms with E-state index in [2.05, 4.69) is 0 Å². The summed E-state index contributed by atoms with van der Waals surface area (Å²) >= 11 is 0. The highest BCUT2D eigenvalue weighted by Crippen LogP contribution is 2.41. The van der Waals surface area contributed by atoms with Crippen LogP contribution in [0.25, 0.3) is 22.3 Å². The monoisotopic (exact) mass is 344 g/mol. The number of phenolic OH excluding ortho intramolecular Hbond substituents is 2. The van der Waals surface area contributed by atoms with Gasteiger partial charge in [-0.05, 0) is 18.2 Å². The van der Waals surface area contributed by atoms with Crippen LogP contribution in [0.5, 0.6) is 28.7 Å². The highest BCUT2D eigenvalue weighted by molar-refractivity contribution is 5.91. The molecule has 7 heteroatoms. The van der Waals surface area contributed by atoms with Gasteiger partial charge in [-0.15, -0.1) is 0 Å². The number of ether oxygens (including phenoxy) is 3. The molecular weight excluding hydrogens is 328 g/mol. The lowest BCUT2D eigenvalue weighted by Gasteiger charge is -2.12. The van der Waals surface area contributed by atoms with Crippen LogP contribution in [0.4, 0.5) is 0 Å². The maximum absolute atomic E-state index is 12.5. The minimum atomic E-state index is -0.454. The van der Waals surface area contributed by atoms with E-state index in [-0.39, 0.29) is 39.7 Å². The summed E-state index contributed by atoms with van der Waals surface area (Å²) in [6.45, 7) is 0. The van der Waals surface area contributed by atoms with E-state index >= 15 is 0 Å². The summed E-state index contributed by atoms with van der Waals surface area (Å²) in [5.41, 5.74) is 0.0591. The zero-order chi connectivity index (χ0) is 18.1. The first-order valence-electron chi connectivity index (χ1n) is 7.29. The van der Waals surface area contributed by atoms with E-state index < -0.39 is 5.43 Å². The minimum absolute atomic E-state index is 0.0147. The van der Waals surface area contributed by atoms with E-state index in [9.17, 15) is 15.0 Å². The maximum Gasteiger partial charge on any atom is 0.205 e. The van der Waals surface area contributed by atoms with Crippen molar-refractivity contribution in [2.75, 3.05) is 21.3 Å². The SMILES string of the molecule is COc1ccc(-c2cc(=O)c3c(O)cc(OC)c(OC)c3o2)cc1O. The van der Waals surface area contributed by atoms with Gasteiger partial charge in [-0.3, -0.25) is 4.79 Å². The van der Waals surface area contributed by atoms with Gasteiger partial charge in [0.05, 0.1) is 21.3 Å². The third kappa shape index (κ3) is 2.69. The van der Waals surface area contributed by atoms with E-state index in [1.165, 1.54) is 39.5 Å². The molecule has 1 heterocycles. The summed E-state index contributed by atoms with van der Waals surface area (Å²) in [4.78, 5) is 12.5. The van der Waals surface area contributed by atoms with Crippen LogP contribution >= 0.6 is 0 Å². The Bertz CT molecular complexity index is 1000. The standard InChI is InChI=1S/C18H16O7/c1-22-13-5-4-9(6-10(13)19)14-7-11(20)16-12(21)8-15(23-2)17(24-3)18(16)25-14/h4-8,19,21H,1-3H3. The van der Waals surface area contributed by atoms with E-state index in [4.69, 9.17) is 18.6 Å². The Morgan fingerprint density at radius 3 is 2.20 bits per heavy atom. The topological polar surface area (TPSA) is 98.4 Å². The fraction of sp³-hybridized carbons (Fsp3) is 0.167. The number of methoxy groups -OCH3 is 3. The van der Waals surface area contributed by atoms with Crippen LogP contribution in [0.3, 0.4) is 0 Å². The van der Waals surface area contributed by atoms with Crippen molar-refractivity contribution in [1.82, 2.24) is 0 Å². The van der Waals surface area contributed by atoms with Crippen LogP contribution in [0.15, 0.2) is 39.5 Å². The molecule has 3 aromatic rings. The quantitative estimate of drug-likeness (QED) is 0.751. The Hall–Kier alpha value is -3.35. The highest BCUT2D eigenvalue weighted by Gasteiger charge is 2.20. The molecule has 1 aromatic heterocycles. The molecule has 0 fully saturated rings. The number of aromatic hydroxyl groups is 2. The average molecular weight is 344 g/mol. The van der Waals surface area contributed by atoms with Crippen LogP contribution in [-0.4, -0.2) is 31.5 Å². The van der Waals surface area contributed by atoms with Gasteiger partial charge >= 0.3 is 0 Å². The molecule has 0 radical (unpaired) electrons. The average Bonchev–Trinajstić information content (AvgIpc) is 2.60. The van der Waals surface area contributed by atoms with Crippen molar-refractivity contribution >= 4 is 11.0 Å². The molecule has 3 rings (SSSR count). The lowest BCUT2D eigenvalue weighted by atomic mass is 10.1. The molecule has 0 saturated heterocycles. The van der Waals surface area contributed by atoms with Gasteiger partial charge in [0.2, 0.25) is 5.75 Å². The Labute approximate surface area is 142 Å². The van der Waals surface area contributed by atoms with Crippen LogP contribution in [-0.2, 0) is 0 Å². The van der Waals surface area contributed by atoms with Gasteiger partial charge in [-0.2, -0.15) is 0 Å². The lowest BCUT2D eigenvalue weighted by molar-refractivity contribution is 0.350. The first-order valence-corrected chi connectivity index (χ1v) is 7.29. The first-order chi connectivity index (χ1) is 12.0. The Morgan fingerprint density at radius 2 is 1.60 bits per heavy atom. The number of benzene rings is 2. The highest BCUT2D eigenvalue weighted by atomic mass is 16.5. The van der Waals surface area contributed by atoms with Gasteiger partial charge in [0.15, 0.2) is 28.3 Å². The molecular formula is C18H16O7. The van der Waals surface area contributed by atoms with Crippen LogP contribution in [0.2, 0.25) is 0 Å². The molecule has 0 aliphatic heterocycles. The van der Waals surface area contributed by atoms with Crippen molar-refractivity contribution in [3.63, 3.8) is 0 Å². The van der Waals surface area contributed by atoms with Crippen molar-refractivity contribution in [3.8, 4) is 40.1 Å². The molecule has 0 saturated carbocycles. The van der Waals surface area contributed by atoms with Gasteiger partial charge < -0.3 is 28.8 Å². The molecule has 0 spiro atoms. The third-order valence-electron chi connectivity index (χ3n) is 3.79. The van der Waals surface area contributed by atoms with Crippen LogP contribution < -0.4 is 19.6 Å². The molecule has 130 valence electrons. The van der Waals surface area contributed by atoms with E-state index in [1.54, 1.807) is 12.1 Å². The van der Waals surface area contributed by atoms with Crippen LogP contribution in [0.1, 0.15) is 0 Å². The predicted molar refractivity (Wildman–Crippen MR) is 90.9 cm³/mol. The molecule has 2 N–H and O–H groups in total. The predicted octanol–water partition coefficient (Wildman–Crippen LogP) is 2.90. The second kappa shape index (κ2) is 6.27. The van der Waals surface area contributed by atoms with Crippen molar-refractivity contribution in [3.05, 3.63) is 40.6 Å². The van der Waals surface area contributed by atoms with Gasteiger partial charge in [0.1, 0.15) is 16.9 Å². The number of hydrogen-bond acceptors (Lipinski definition) is 7. The largest absolute Gasteiger partial charge is 0.507 e.